The van der Waals surface area contributed by atoms with Crippen molar-refractivity contribution in [3.63, 3.8) is 0 Å². The fourth-order valence-electron chi connectivity index (χ4n) is 4.23. The monoisotopic (exact) mass is 439 g/mol. The summed E-state index contributed by atoms with van der Waals surface area (Å²) < 4.78 is 1.98. The molecule has 0 bridgehead atoms. The minimum Gasteiger partial charge on any atom is -0.369 e. The first-order valence-corrected chi connectivity index (χ1v) is 11.6. The predicted octanol–water partition coefficient (Wildman–Crippen LogP) is 2.13. The van der Waals surface area contributed by atoms with E-state index in [1.165, 1.54) is 0 Å². The SMILES string of the molecule is CCNC(=NCc1ccccc1-n1nc(C)cc1C)NCCCN1CCCC(C(N)=O)C1. The highest BCUT2D eigenvalue weighted by Crippen LogP contribution is 2.18. The number of benzene rings is 1. The van der Waals surface area contributed by atoms with Crippen molar-refractivity contribution in [2.75, 3.05) is 32.7 Å². The molecule has 32 heavy (non-hydrogen) atoms. The molecule has 1 aromatic heterocycles. The Morgan fingerprint density at radius 3 is 2.81 bits per heavy atom. The summed E-state index contributed by atoms with van der Waals surface area (Å²) >= 11 is 0. The number of aryl methyl sites for hydroxylation is 2. The average molecular weight is 440 g/mol. The number of guanidine groups is 1. The summed E-state index contributed by atoms with van der Waals surface area (Å²) in [5.41, 5.74) is 9.79. The van der Waals surface area contributed by atoms with E-state index in [1.54, 1.807) is 0 Å². The topological polar surface area (TPSA) is 101 Å². The van der Waals surface area contributed by atoms with Crippen molar-refractivity contribution in [3.05, 3.63) is 47.3 Å². The smallest absolute Gasteiger partial charge is 0.221 e. The van der Waals surface area contributed by atoms with Crippen molar-refractivity contribution in [3.8, 4) is 5.69 Å². The lowest BCUT2D eigenvalue weighted by atomic mass is 9.97. The first-order chi connectivity index (χ1) is 15.5. The third-order valence-corrected chi connectivity index (χ3v) is 5.83. The van der Waals surface area contributed by atoms with Crippen LogP contribution in [0.2, 0.25) is 0 Å². The number of para-hydroxylation sites is 1. The zero-order valence-electron chi connectivity index (χ0n) is 19.6. The van der Waals surface area contributed by atoms with Crippen LogP contribution < -0.4 is 16.4 Å². The van der Waals surface area contributed by atoms with Gasteiger partial charge in [-0.05, 0) is 70.8 Å². The van der Waals surface area contributed by atoms with Crippen LogP contribution in [0.4, 0.5) is 0 Å². The number of rotatable bonds is 9. The molecule has 0 saturated carbocycles. The Kier molecular flexibility index (Phi) is 8.67. The van der Waals surface area contributed by atoms with Gasteiger partial charge in [0, 0.05) is 25.3 Å². The Labute approximate surface area is 191 Å². The number of piperidine rings is 1. The standard InChI is InChI=1S/C24H37N7O/c1-4-26-24(27-12-8-14-30-13-7-10-21(17-30)23(25)32)28-16-20-9-5-6-11-22(20)31-19(3)15-18(2)29-31/h5-6,9,11,15,21H,4,7-8,10,12-14,16-17H2,1-3H3,(H2,25,32)(H2,26,27,28). The molecule has 1 saturated heterocycles. The molecule has 1 aliphatic heterocycles. The Hall–Kier alpha value is -2.87. The zero-order valence-corrected chi connectivity index (χ0v) is 19.6. The normalized spacial score (nSPS) is 17.3. The Bertz CT molecular complexity index is 921. The Balaban J connectivity index is 1.56. The molecule has 4 N–H and O–H groups in total. The molecule has 1 unspecified atom stereocenters. The molecule has 8 nitrogen and oxygen atoms in total. The lowest BCUT2D eigenvalue weighted by molar-refractivity contribution is -0.123. The summed E-state index contributed by atoms with van der Waals surface area (Å²) in [5, 5.41) is 11.4. The summed E-state index contributed by atoms with van der Waals surface area (Å²) in [5.74, 6) is 0.636. The highest BCUT2D eigenvalue weighted by atomic mass is 16.1. The van der Waals surface area contributed by atoms with Crippen molar-refractivity contribution in [2.24, 2.45) is 16.6 Å². The Morgan fingerprint density at radius 1 is 1.28 bits per heavy atom. The van der Waals surface area contributed by atoms with Crippen LogP contribution >= 0.6 is 0 Å². The lowest BCUT2D eigenvalue weighted by Gasteiger charge is -2.31. The van der Waals surface area contributed by atoms with Crippen molar-refractivity contribution >= 4 is 11.9 Å². The molecule has 1 aliphatic rings. The van der Waals surface area contributed by atoms with E-state index < -0.39 is 0 Å². The van der Waals surface area contributed by atoms with Gasteiger partial charge in [-0.3, -0.25) is 4.79 Å². The fourth-order valence-corrected chi connectivity index (χ4v) is 4.23. The maximum absolute atomic E-state index is 11.5. The number of nitrogens with zero attached hydrogens (tertiary/aromatic N) is 4. The number of hydrogen-bond donors (Lipinski definition) is 3. The number of hydrogen-bond acceptors (Lipinski definition) is 4. The average Bonchev–Trinajstić information content (AvgIpc) is 3.13. The first-order valence-electron chi connectivity index (χ1n) is 11.6. The van der Waals surface area contributed by atoms with E-state index in [0.29, 0.717) is 6.54 Å². The number of carbonyl (C=O) groups is 1. The van der Waals surface area contributed by atoms with Crippen LogP contribution in [0.1, 0.15) is 43.1 Å². The van der Waals surface area contributed by atoms with Gasteiger partial charge >= 0.3 is 0 Å². The van der Waals surface area contributed by atoms with E-state index in [4.69, 9.17) is 10.7 Å². The van der Waals surface area contributed by atoms with E-state index in [-0.39, 0.29) is 11.8 Å². The van der Waals surface area contributed by atoms with Crippen LogP contribution in [0.5, 0.6) is 0 Å². The highest BCUT2D eigenvalue weighted by Gasteiger charge is 2.23. The Morgan fingerprint density at radius 2 is 2.09 bits per heavy atom. The molecular weight excluding hydrogens is 402 g/mol. The van der Waals surface area contributed by atoms with E-state index >= 15 is 0 Å². The van der Waals surface area contributed by atoms with E-state index in [0.717, 1.165) is 80.6 Å². The molecule has 0 aliphatic carbocycles. The second-order valence-corrected chi connectivity index (χ2v) is 8.49. The lowest BCUT2D eigenvalue weighted by Crippen LogP contribution is -2.43. The number of amides is 1. The maximum Gasteiger partial charge on any atom is 0.221 e. The van der Waals surface area contributed by atoms with E-state index in [2.05, 4.69) is 52.7 Å². The number of aromatic nitrogens is 2. The van der Waals surface area contributed by atoms with Gasteiger partial charge in [0.1, 0.15) is 0 Å². The van der Waals surface area contributed by atoms with Crippen molar-refractivity contribution < 1.29 is 4.79 Å². The number of carbonyl (C=O) groups excluding carboxylic acids is 1. The third-order valence-electron chi connectivity index (χ3n) is 5.83. The molecule has 2 aromatic rings. The van der Waals surface area contributed by atoms with Gasteiger partial charge in [-0.1, -0.05) is 18.2 Å². The minimum atomic E-state index is -0.171. The van der Waals surface area contributed by atoms with Gasteiger partial charge in [0.2, 0.25) is 5.91 Å². The number of likely N-dealkylation sites (tertiary alicyclic amines) is 1. The second-order valence-electron chi connectivity index (χ2n) is 8.49. The third kappa shape index (κ3) is 6.56. The first kappa shape index (κ1) is 23.8. The van der Waals surface area contributed by atoms with Gasteiger partial charge in [-0.25, -0.2) is 9.67 Å². The van der Waals surface area contributed by atoms with Crippen molar-refractivity contribution in [1.82, 2.24) is 25.3 Å². The van der Waals surface area contributed by atoms with Crippen LogP contribution in [0, 0.1) is 19.8 Å². The number of nitrogens with two attached hydrogens (primary N) is 1. The molecule has 0 radical (unpaired) electrons. The van der Waals surface area contributed by atoms with Crippen molar-refractivity contribution in [2.45, 2.75) is 46.6 Å². The summed E-state index contributed by atoms with van der Waals surface area (Å²) in [6.07, 6.45) is 2.94. The van der Waals surface area contributed by atoms with Crippen LogP contribution in [-0.4, -0.2) is 59.3 Å². The second kappa shape index (κ2) is 11.7. The van der Waals surface area contributed by atoms with Crippen LogP contribution in [0.15, 0.2) is 35.3 Å². The van der Waals surface area contributed by atoms with Gasteiger partial charge in [-0.2, -0.15) is 5.10 Å². The zero-order chi connectivity index (χ0) is 22.9. The predicted molar refractivity (Wildman–Crippen MR) is 129 cm³/mol. The molecule has 2 heterocycles. The quantitative estimate of drug-likeness (QED) is 0.316. The largest absolute Gasteiger partial charge is 0.369 e. The molecule has 8 heteroatoms. The van der Waals surface area contributed by atoms with E-state index in [9.17, 15) is 4.79 Å². The van der Waals surface area contributed by atoms with Crippen molar-refractivity contribution in [1.29, 1.82) is 0 Å². The summed E-state index contributed by atoms with van der Waals surface area (Å²) in [4.78, 5) is 18.6. The van der Waals surface area contributed by atoms with Gasteiger partial charge in [0.25, 0.3) is 0 Å². The van der Waals surface area contributed by atoms with Gasteiger partial charge in [0.15, 0.2) is 5.96 Å². The summed E-state index contributed by atoms with van der Waals surface area (Å²) in [7, 11) is 0. The number of primary amides is 1. The summed E-state index contributed by atoms with van der Waals surface area (Å²) in [6, 6.07) is 10.3. The molecule has 0 spiro atoms. The highest BCUT2D eigenvalue weighted by molar-refractivity contribution is 5.79. The number of nitrogens with one attached hydrogen (secondary N) is 2. The van der Waals surface area contributed by atoms with Gasteiger partial charge in [0.05, 0.1) is 23.8 Å². The molecular formula is C24H37N7O. The molecule has 1 atom stereocenters. The van der Waals surface area contributed by atoms with Gasteiger partial charge < -0.3 is 21.3 Å². The summed E-state index contributed by atoms with van der Waals surface area (Å²) in [6.45, 7) is 11.1. The minimum absolute atomic E-state index is 0.00197. The number of aliphatic imine (C=N–C) groups is 1. The molecule has 1 fully saturated rings. The van der Waals surface area contributed by atoms with E-state index in [1.807, 2.05) is 23.7 Å². The molecule has 174 valence electrons. The van der Waals surface area contributed by atoms with Crippen LogP contribution in [0.3, 0.4) is 0 Å². The fraction of sp³-hybridized carbons (Fsp3) is 0.542. The molecule has 3 rings (SSSR count). The maximum atomic E-state index is 11.5. The molecule has 1 amide bonds. The van der Waals surface area contributed by atoms with Gasteiger partial charge in [-0.15, -0.1) is 0 Å². The van der Waals surface area contributed by atoms with Crippen LogP contribution in [-0.2, 0) is 11.3 Å². The van der Waals surface area contributed by atoms with Crippen LogP contribution in [0.25, 0.3) is 5.69 Å². The molecule has 1 aromatic carbocycles.